The summed E-state index contributed by atoms with van der Waals surface area (Å²) in [5.74, 6) is 1.63. The number of nitrogens with zero attached hydrogens (tertiary/aromatic N) is 3. The lowest BCUT2D eigenvalue weighted by atomic mass is 10.1. The molecular weight excluding hydrogens is 284 g/mol. The molecule has 116 valence electrons. The predicted molar refractivity (Wildman–Crippen MR) is 95.7 cm³/mol. The van der Waals surface area contributed by atoms with Gasteiger partial charge in [-0.3, -0.25) is 0 Å². The van der Waals surface area contributed by atoms with Crippen molar-refractivity contribution < 1.29 is 0 Å². The molecule has 0 saturated heterocycles. The fraction of sp³-hybridized carbons (Fsp3) is 0.158. The van der Waals surface area contributed by atoms with Gasteiger partial charge in [0.15, 0.2) is 0 Å². The van der Waals surface area contributed by atoms with E-state index in [1.54, 1.807) is 6.33 Å². The highest BCUT2D eigenvalue weighted by atomic mass is 15.2. The average Bonchev–Trinajstić information content (AvgIpc) is 2.59. The SMILES string of the molecule is Cc1cccc(C)c1Nc1cc(N(C)c2ccccc2)ncn1. The second-order valence-corrected chi connectivity index (χ2v) is 5.55. The van der Waals surface area contributed by atoms with E-state index in [4.69, 9.17) is 0 Å². The Balaban J connectivity index is 1.89. The summed E-state index contributed by atoms with van der Waals surface area (Å²) in [6, 6.07) is 18.3. The maximum absolute atomic E-state index is 4.38. The van der Waals surface area contributed by atoms with Gasteiger partial charge in [-0.2, -0.15) is 0 Å². The molecule has 0 aliphatic heterocycles. The number of nitrogens with one attached hydrogen (secondary N) is 1. The van der Waals surface area contributed by atoms with E-state index in [1.807, 2.05) is 36.2 Å². The number of anilines is 4. The number of benzene rings is 2. The maximum Gasteiger partial charge on any atom is 0.138 e. The zero-order chi connectivity index (χ0) is 16.2. The molecule has 3 rings (SSSR count). The van der Waals surface area contributed by atoms with Crippen molar-refractivity contribution in [3.8, 4) is 0 Å². The Morgan fingerprint density at radius 2 is 1.57 bits per heavy atom. The van der Waals surface area contributed by atoms with Crippen molar-refractivity contribution in [1.82, 2.24) is 9.97 Å². The molecule has 1 aromatic heterocycles. The van der Waals surface area contributed by atoms with Gasteiger partial charge in [0.2, 0.25) is 0 Å². The molecule has 0 aliphatic carbocycles. The first-order valence-electron chi connectivity index (χ1n) is 7.59. The molecule has 4 heteroatoms. The van der Waals surface area contributed by atoms with Crippen LogP contribution in [0.2, 0.25) is 0 Å². The second-order valence-electron chi connectivity index (χ2n) is 5.55. The maximum atomic E-state index is 4.38. The highest BCUT2D eigenvalue weighted by Crippen LogP contribution is 2.26. The molecule has 0 spiro atoms. The fourth-order valence-corrected chi connectivity index (χ4v) is 2.52. The molecule has 0 saturated carbocycles. The summed E-state index contributed by atoms with van der Waals surface area (Å²) in [7, 11) is 2.00. The largest absolute Gasteiger partial charge is 0.340 e. The molecule has 0 aliphatic rings. The minimum absolute atomic E-state index is 0.787. The molecule has 1 N–H and O–H groups in total. The molecule has 0 atom stereocenters. The van der Waals surface area contributed by atoms with Crippen LogP contribution in [0.1, 0.15) is 11.1 Å². The van der Waals surface area contributed by atoms with E-state index in [9.17, 15) is 0 Å². The van der Waals surface area contributed by atoms with Crippen molar-refractivity contribution in [2.45, 2.75) is 13.8 Å². The Kier molecular flexibility index (Phi) is 4.24. The summed E-state index contributed by atoms with van der Waals surface area (Å²) >= 11 is 0. The fourth-order valence-electron chi connectivity index (χ4n) is 2.52. The summed E-state index contributed by atoms with van der Waals surface area (Å²) in [6.07, 6.45) is 1.59. The van der Waals surface area contributed by atoms with E-state index >= 15 is 0 Å². The quantitative estimate of drug-likeness (QED) is 0.764. The van der Waals surface area contributed by atoms with Gasteiger partial charge in [0.25, 0.3) is 0 Å². The first-order chi connectivity index (χ1) is 11.1. The topological polar surface area (TPSA) is 41.0 Å². The number of rotatable bonds is 4. The van der Waals surface area contributed by atoms with Gasteiger partial charge in [-0.1, -0.05) is 36.4 Å². The van der Waals surface area contributed by atoms with Crippen molar-refractivity contribution >= 4 is 23.0 Å². The van der Waals surface area contributed by atoms with Crippen molar-refractivity contribution in [1.29, 1.82) is 0 Å². The van der Waals surface area contributed by atoms with Gasteiger partial charge in [0.05, 0.1) is 0 Å². The minimum Gasteiger partial charge on any atom is -0.340 e. The normalized spacial score (nSPS) is 10.4. The van der Waals surface area contributed by atoms with Gasteiger partial charge in [-0.15, -0.1) is 0 Å². The minimum atomic E-state index is 0.787. The third kappa shape index (κ3) is 3.31. The van der Waals surface area contributed by atoms with E-state index in [-0.39, 0.29) is 0 Å². The number of hydrogen-bond acceptors (Lipinski definition) is 4. The Bertz CT molecular complexity index is 779. The lowest BCUT2D eigenvalue weighted by molar-refractivity contribution is 1.08. The van der Waals surface area contributed by atoms with Crippen LogP contribution in [0.15, 0.2) is 60.9 Å². The van der Waals surface area contributed by atoms with Crippen LogP contribution in [0.5, 0.6) is 0 Å². The Labute approximate surface area is 136 Å². The van der Waals surface area contributed by atoms with Gasteiger partial charge < -0.3 is 10.2 Å². The molecule has 0 bridgehead atoms. The molecule has 0 fully saturated rings. The average molecular weight is 304 g/mol. The third-order valence-corrected chi connectivity index (χ3v) is 3.87. The zero-order valence-electron chi connectivity index (χ0n) is 13.6. The Morgan fingerprint density at radius 1 is 0.870 bits per heavy atom. The van der Waals surface area contributed by atoms with Crippen LogP contribution < -0.4 is 10.2 Å². The van der Waals surface area contributed by atoms with E-state index < -0.39 is 0 Å². The van der Waals surface area contributed by atoms with Gasteiger partial charge in [-0.25, -0.2) is 9.97 Å². The molecule has 1 heterocycles. The van der Waals surface area contributed by atoms with Crippen molar-refractivity contribution in [3.63, 3.8) is 0 Å². The van der Waals surface area contributed by atoms with Crippen molar-refractivity contribution in [2.24, 2.45) is 0 Å². The predicted octanol–water partition coefficient (Wildman–Crippen LogP) is 4.60. The van der Waals surface area contributed by atoms with E-state index in [2.05, 4.69) is 59.5 Å². The molecule has 23 heavy (non-hydrogen) atoms. The van der Waals surface area contributed by atoms with E-state index in [0.717, 1.165) is 23.0 Å². The Hall–Kier alpha value is -2.88. The highest BCUT2D eigenvalue weighted by molar-refractivity contribution is 5.67. The highest BCUT2D eigenvalue weighted by Gasteiger charge is 2.08. The number of aryl methyl sites for hydroxylation is 2. The van der Waals surface area contributed by atoms with Gasteiger partial charge in [0.1, 0.15) is 18.0 Å². The van der Waals surface area contributed by atoms with Gasteiger partial charge in [0, 0.05) is 24.5 Å². The van der Waals surface area contributed by atoms with E-state index in [0.29, 0.717) is 0 Å². The summed E-state index contributed by atoms with van der Waals surface area (Å²) in [4.78, 5) is 10.8. The first kappa shape index (κ1) is 15.0. The smallest absolute Gasteiger partial charge is 0.138 e. The van der Waals surface area contributed by atoms with Crippen LogP contribution in [0.25, 0.3) is 0 Å². The summed E-state index contributed by atoms with van der Waals surface area (Å²) in [5, 5.41) is 3.41. The van der Waals surface area contributed by atoms with Crippen LogP contribution in [-0.4, -0.2) is 17.0 Å². The standard InChI is InChI=1S/C19H20N4/c1-14-8-7-9-15(2)19(14)22-17-12-18(21-13-20-17)23(3)16-10-5-4-6-11-16/h4-13H,1-3H3,(H,20,21,22). The van der Waals surface area contributed by atoms with Crippen LogP contribution in [0.3, 0.4) is 0 Å². The molecule has 2 aromatic carbocycles. The second kappa shape index (κ2) is 6.48. The number of aromatic nitrogens is 2. The molecule has 4 nitrogen and oxygen atoms in total. The molecule has 0 unspecified atom stereocenters. The summed E-state index contributed by atoms with van der Waals surface area (Å²) in [6.45, 7) is 4.18. The number of hydrogen-bond donors (Lipinski definition) is 1. The molecule has 3 aromatic rings. The van der Waals surface area contributed by atoms with Crippen LogP contribution >= 0.6 is 0 Å². The van der Waals surface area contributed by atoms with Gasteiger partial charge >= 0.3 is 0 Å². The van der Waals surface area contributed by atoms with E-state index in [1.165, 1.54) is 11.1 Å². The van der Waals surface area contributed by atoms with Crippen molar-refractivity contribution in [2.75, 3.05) is 17.3 Å². The van der Waals surface area contributed by atoms with Crippen molar-refractivity contribution in [3.05, 3.63) is 72.1 Å². The van der Waals surface area contributed by atoms with Crippen LogP contribution in [0, 0.1) is 13.8 Å². The van der Waals surface area contributed by atoms with Crippen LogP contribution in [-0.2, 0) is 0 Å². The first-order valence-corrected chi connectivity index (χ1v) is 7.59. The lowest BCUT2D eigenvalue weighted by Crippen LogP contribution is -2.11. The lowest BCUT2D eigenvalue weighted by Gasteiger charge is -2.19. The Morgan fingerprint density at radius 3 is 2.26 bits per heavy atom. The summed E-state index contributed by atoms with van der Waals surface area (Å²) < 4.78 is 0. The monoisotopic (exact) mass is 304 g/mol. The third-order valence-electron chi connectivity index (χ3n) is 3.87. The number of para-hydroxylation sites is 2. The zero-order valence-corrected chi connectivity index (χ0v) is 13.6. The molecular formula is C19H20N4. The molecule has 0 radical (unpaired) electrons. The van der Waals surface area contributed by atoms with Gasteiger partial charge in [-0.05, 0) is 37.1 Å². The van der Waals surface area contributed by atoms with Crippen LogP contribution in [0.4, 0.5) is 23.0 Å². The summed E-state index contributed by atoms with van der Waals surface area (Å²) in [5.41, 5.74) is 4.58. The molecule has 0 amide bonds.